The molecule has 1 aliphatic carbocycles. The zero-order valence-corrected chi connectivity index (χ0v) is 9.91. The second-order valence-electron chi connectivity index (χ2n) is 4.47. The Labute approximate surface area is 99.9 Å². The van der Waals surface area contributed by atoms with Crippen LogP contribution in [-0.2, 0) is 9.53 Å². The molecule has 2 fully saturated rings. The number of hydrogen-bond donors (Lipinski definition) is 0. The van der Waals surface area contributed by atoms with Crippen molar-refractivity contribution in [1.82, 2.24) is 4.90 Å². The van der Waals surface area contributed by atoms with Crippen LogP contribution in [0.4, 0.5) is 4.79 Å². The van der Waals surface area contributed by atoms with Crippen molar-refractivity contribution in [1.29, 1.82) is 0 Å². The number of ether oxygens (including phenoxy) is 1. The van der Waals surface area contributed by atoms with Crippen LogP contribution in [0.25, 0.3) is 0 Å². The third-order valence-corrected chi connectivity index (χ3v) is 3.77. The van der Waals surface area contributed by atoms with Crippen LogP contribution in [0.2, 0.25) is 0 Å². The number of hydrogen-bond acceptors (Lipinski definition) is 3. The Hall–Kier alpha value is -0.770. The summed E-state index contributed by atoms with van der Waals surface area (Å²) in [6.45, 7) is 1.31. The number of carbonyl (C=O) groups is 2. The molecule has 0 aromatic rings. The number of carbonyl (C=O) groups excluding carboxylic acids is 2. The van der Waals surface area contributed by atoms with E-state index in [1.807, 2.05) is 0 Å². The van der Waals surface area contributed by atoms with Gasteiger partial charge in [0.1, 0.15) is 0 Å². The lowest BCUT2D eigenvalue weighted by molar-refractivity contribution is -0.116. The molecule has 0 N–H and O–H groups in total. The summed E-state index contributed by atoms with van der Waals surface area (Å²) >= 11 is 5.47. The maximum Gasteiger partial charge on any atom is 0.410 e. The highest BCUT2D eigenvalue weighted by molar-refractivity contribution is 6.63. The maximum absolute atomic E-state index is 11.5. The molecule has 1 aliphatic heterocycles. The molecule has 0 bridgehead atoms. The van der Waals surface area contributed by atoms with Crippen LogP contribution in [0.3, 0.4) is 0 Å². The lowest BCUT2D eigenvalue weighted by Gasteiger charge is -2.37. The molecule has 0 atom stereocenters. The van der Waals surface area contributed by atoms with Gasteiger partial charge in [-0.25, -0.2) is 4.79 Å². The van der Waals surface area contributed by atoms with Gasteiger partial charge in [0.05, 0.1) is 6.61 Å². The van der Waals surface area contributed by atoms with Crippen LogP contribution in [0.15, 0.2) is 0 Å². The SMILES string of the molecule is O=C(Cl)C1CCC(N2CCCOC2=O)CC1. The first kappa shape index (κ1) is 11.7. The van der Waals surface area contributed by atoms with E-state index in [9.17, 15) is 9.59 Å². The quantitative estimate of drug-likeness (QED) is 0.701. The Morgan fingerprint density at radius 1 is 1.31 bits per heavy atom. The monoisotopic (exact) mass is 245 g/mol. The number of cyclic esters (lactones) is 1. The predicted octanol–water partition coefficient (Wildman–Crippen LogP) is 2.15. The summed E-state index contributed by atoms with van der Waals surface area (Å²) in [4.78, 5) is 24.3. The number of halogens is 1. The van der Waals surface area contributed by atoms with E-state index in [4.69, 9.17) is 16.3 Å². The van der Waals surface area contributed by atoms with Crippen molar-refractivity contribution in [2.75, 3.05) is 13.2 Å². The number of rotatable bonds is 2. The van der Waals surface area contributed by atoms with Crippen LogP contribution >= 0.6 is 11.6 Å². The van der Waals surface area contributed by atoms with Gasteiger partial charge in [-0.3, -0.25) is 4.79 Å². The van der Waals surface area contributed by atoms with Gasteiger partial charge in [0.15, 0.2) is 0 Å². The summed E-state index contributed by atoms with van der Waals surface area (Å²) in [6, 6.07) is 0.236. The van der Waals surface area contributed by atoms with Crippen molar-refractivity contribution >= 4 is 22.9 Å². The third kappa shape index (κ3) is 2.48. The van der Waals surface area contributed by atoms with Crippen molar-refractivity contribution in [2.45, 2.75) is 38.1 Å². The summed E-state index contributed by atoms with van der Waals surface area (Å²) in [7, 11) is 0. The molecular weight excluding hydrogens is 230 g/mol. The van der Waals surface area contributed by atoms with Crippen molar-refractivity contribution < 1.29 is 14.3 Å². The second kappa shape index (κ2) is 5.04. The average Bonchev–Trinajstić information content (AvgIpc) is 2.30. The minimum Gasteiger partial charge on any atom is -0.449 e. The van der Waals surface area contributed by atoms with Gasteiger partial charge in [0, 0.05) is 18.5 Å². The number of nitrogens with zero attached hydrogens (tertiary/aromatic N) is 1. The summed E-state index contributed by atoms with van der Waals surface area (Å²) in [5.41, 5.74) is 0. The van der Waals surface area contributed by atoms with Crippen LogP contribution < -0.4 is 0 Å². The van der Waals surface area contributed by atoms with Crippen molar-refractivity contribution in [3.63, 3.8) is 0 Å². The van der Waals surface area contributed by atoms with E-state index >= 15 is 0 Å². The second-order valence-corrected chi connectivity index (χ2v) is 4.84. The zero-order chi connectivity index (χ0) is 11.5. The van der Waals surface area contributed by atoms with E-state index in [0.29, 0.717) is 6.61 Å². The first-order chi connectivity index (χ1) is 7.68. The normalized spacial score (nSPS) is 31.1. The van der Waals surface area contributed by atoms with E-state index in [1.165, 1.54) is 0 Å². The molecule has 0 radical (unpaired) electrons. The van der Waals surface area contributed by atoms with E-state index in [-0.39, 0.29) is 23.3 Å². The fourth-order valence-electron chi connectivity index (χ4n) is 2.51. The van der Waals surface area contributed by atoms with Gasteiger partial charge in [-0.15, -0.1) is 0 Å². The molecule has 1 saturated carbocycles. The van der Waals surface area contributed by atoms with Crippen molar-refractivity contribution in [3.05, 3.63) is 0 Å². The molecule has 5 heteroatoms. The molecule has 0 spiro atoms. The third-order valence-electron chi connectivity index (χ3n) is 3.46. The first-order valence-electron chi connectivity index (χ1n) is 5.81. The van der Waals surface area contributed by atoms with Gasteiger partial charge in [-0.2, -0.15) is 0 Å². The molecular formula is C11H16ClNO3. The molecule has 90 valence electrons. The molecule has 1 heterocycles. The first-order valence-corrected chi connectivity index (χ1v) is 6.19. The fourth-order valence-corrected chi connectivity index (χ4v) is 2.73. The molecule has 1 amide bonds. The molecule has 2 rings (SSSR count). The minimum atomic E-state index is -0.236. The van der Waals surface area contributed by atoms with Gasteiger partial charge < -0.3 is 9.64 Å². The van der Waals surface area contributed by atoms with Crippen LogP contribution in [0.5, 0.6) is 0 Å². The highest BCUT2D eigenvalue weighted by atomic mass is 35.5. The van der Waals surface area contributed by atoms with Crippen molar-refractivity contribution in [2.24, 2.45) is 5.92 Å². The minimum absolute atomic E-state index is 0.0151. The van der Waals surface area contributed by atoms with Gasteiger partial charge in [-0.1, -0.05) is 0 Å². The highest BCUT2D eigenvalue weighted by Crippen LogP contribution is 2.30. The van der Waals surface area contributed by atoms with Crippen molar-refractivity contribution in [3.8, 4) is 0 Å². The summed E-state index contributed by atoms with van der Waals surface area (Å²) in [6.07, 6.45) is 4.00. The molecule has 0 aromatic heterocycles. The van der Waals surface area contributed by atoms with E-state index in [2.05, 4.69) is 0 Å². The molecule has 1 saturated heterocycles. The van der Waals surface area contributed by atoms with Crippen LogP contribution in [-0.4, -0.2) is 35.4 Å². The van der Waals surface area contributed by atoms with Gasteiger partial charge in [0.25, 0.3) is 0 Å². The van der Waals surface area contributed by atoms with Crippen LogP contribution in [0.1, 0.15) is 32.1 Å². The average molecular weight is 246 g/mol. The Balaban J connectivity index is 1.88. The van der Waals surface area contributed by atoms with Gasteiger partial charge in [-0.05, 0) is 43.7 Å². The van der Waals surface area contributed by atoms with Crippen LogP contribution in [0, 0.1) is 5.92 Å². The molecule has 4 nitrogen and oxygen atoms in total. The molecule has 0 unspecified atom stereocenters. The van der Waals surface area contributed by atoms with Gasteiger partial charge >= 0.3 is 6.09 Å². The Kier molecular flexibility index (Phi) is 3.69. The highest BCUT2D eigenvalue weighted by Gasteiger charge is 2.32. The molecule has 16 heavy (non-hydrogen) atoms. The van der Waals surface area contributed by atoms with E-state index in [1.54, 1.807) is 4.90 Å². The Bertz CT molecular complexity index is 287. The largest absolute Gasteiger partial charge is 0.449 e. The summed E-state index contributed by atoms with van der Waals surface area (Å²) < 4.78 is 5.01. The standard InChI is InChI=1S/C11H16ClNO3/c12-10(14)8-2-4-9(5-3-8)13-6-1-7-16-11(13)15/h8-9H,1-7H2. The zero-order valence-electron chi connectivity index (χ0n) is 9.15. The Morgan fingerprint density at radius 3 is 2.56 bits per heavy atom. The number of amides is 1. The molecule has 0 aromatic carbocycles. The van der Waals surface area contributed by atoms with E-state index < -0.39 is 0 Å². The smallest absolute Gasteiger partial charge is 0.410 e. The maximum atomic E-state index is 11.5. The predicted molar refractivity (Wildman–Crippen MR) is 59.3 cm³/mol. The topological polar surface area (TPSA) is 46.6 Å². The lowest BCUT2D eigenvalue weighted by atomic mass is 9.86. The fraction of sp³-hybridized carbons (Fsp3) is 0.818. The van der Waals surface area contributed by atoms with E-state index in [0.717, 1.165) is 38.6 Å². The lowest BCUT2D eigenvalue weighted by Crippen LogP contribution is -2.46. The Morgan fingerprint density at radius 2 is 2.00 bits per heavy atom. The molecule has 2 aliphatic rings. The summed E-state index contributed by atoms with van der Waals surface area (Å²) in [5, 5.41) is -0.236. The van der Waals surface area contributed by atoms with Gasteiger partial charge in [0.2, 0.25) is 5.24 Å². The summed E-state index contributed by atoms with van der Waals surface area (Å²) in [5.74, 6) is -0.0151.